The number of rotatable bonds is 9. The van der Waals surface area contributed by atoms with Crippen LogP contribution in [0.1, 0.15) is 28.4 Å². The third-order valence-electron chi connectivity index (χ3n) is 5.41. The number of amides is 1. The summed E-state index contributed by atoms with van der Waals surface area (Å²) < 4.78 is 16.0. The van der Waals surface area contributed by atoms with E-state index in [1.807, 2.05) is 0 Å². The number of nitrogens with two attached hydrogens (primary N) is 2. The molecule has 182 valence electrons. The number of nitrogen functional groups attached to an aromatic ring is 1. The molecule has 1 aromatic heterocycles. The van der Waals surface area contributed by atoms with Gasteiger partial charge < -0.3 is 31.0 Å². The lowest BCUT2D eigenvalue weighted by molar-refractivity contribution is -0.119. The molecule has 0 saturated heterocycles. The average molecular weight is 477 g/mol. The zero-order valence-corrected chi connectivity index (χ0v) is 20.0. The van der Waals surface area contributed by atoms with E-state index in [1.165, 1.54) is 33.6 Å². The van der Waals surface area contributed by atoms with Crippen LogP contribution in [0.2, 0.25) is 0 Å². The highest BCUT2D eigenvalue weighted by Gasteiger charge is 2.28. The van der Waals surface area contributed by atoms with Crippen molar-refractivity contribution in [1.29, 1.82) is 0 Å². The SMILES string of the molecule is COc1cc(/C=C/C(=O)C(C)(N)c2ccc(C(=O)Nc3ccnc(N)c3)cc2)cc(OC)c1OC. The summed E-state index contributed by atoms with van der Waals surface area (Å²) >= 11 is 0. The van der Waals surface area contributed by atoms with Crippen molar-refractivity contribution in [3.63, 3.8) is 0 Å². The molecule has 35 heavy (non-hydrogen) atoms. The van der Waals surface area contributed by atoms with Crippen LogP contribution in [0.25, 0.3) is 6.08 Å². The molecule has 0 aliphatic carbocycles. The van der Waals surface area contributed by atoms with E-state index >= 15 is 0 Å². The summed E-state index contributed by atoms with van der Waals surface area (Å²) in [5.41, 5.74) is 12.9. The van der Waals surface area contributed by atoms with Crippen LogP contribution in [0.3, 0.4) is 0 Å². The molecular weight excluding hydrogens is 448 g/mol. The smallest absolute Gasteiger partial charge is 0.255 e. The van der Waals surface area contributed by atoms with E-state index < -0.39 is 5.54 Å². The molecule has 0 aliphatic heterocycles. The molecule has 9 heteroatoms. The molecule has 3 aromatic rings. The molecule has 3 rings (SSSR count). The van der Waals surface area contributed by atoms with E-state index in [9.17, 15) is 9.59 Å². The predicted molar refractivity (Wildman–Crippen MR) is 135 cm³/mol. The van der Waals surface area contributed by atoms with Crippen LogP contribution in [-0.4, -0.2) is 38.0 Å². The molecule has 1 heterocycles. The molecule has 2 aromatic carbocycles. The molecule has 0 spiro atoms. The van der Waals surface area contributed by atoms with E-state index in [0.717, 1.165) is 0 Å². The highest BCUT2D eigenvalue weighted by molar-refractivity contribution is 6.05. The number of pyridine rings is 1. The summed E-state index contributed by atoms with van der Waals surface area (Å²) in [6.45, 7) is 1.61. The monoisotopic (exact) mass is 476 g/mol. The van der Waals surface area contributed by atoms with Gasteiger partial charge in [0.1, 0.15) is 11.4 Å². The van der Waals surface area contributed by atoms with Crippen LogP contribution >= 0.6 is 0 Å². The number of methoxy groups -OCH3 is 3. The summed E-state index contributed by atoms with van der Waals surface area (Å²) in [5.74, 6) is 1.05. The van der Waals surface area contributed by atoms with Crippen LogP contribution < -0.4 is 31.0 Å². The van der Waals surface area contributed by atoms with Crippen LogP contribution in [0.4, 0.5) is 11.5 Å². The molecule has 1 atom stereocenters. The summed E-state index contributed by atoms with van der Waals surface area (Å²) in [6, 6.07) is 13.2. The van der Waals surface area contributed by atoms with E-state index in [1.54, 1.807) is 61.5 Å². The normalized spacial score (nSPS) is 12.6. The lowest BCUT2D eigenvalue weighted by Crippen LogP contribution is -2.40. The highest BCUT2D eigenvalue weighted by Crippen LogP contribution is 2.38. The molecule has 5 N–H and O–H groups in total. The largest absolute Gasteiger partial charge is 0.493 e. The minimum absolute atomic E-state index is 0.301. The van der Waals surface area contributed by atoms with Gasteiger partial charge >= 0.3 is 0 Å². The van der Waals surface area contributed by atoms with Crippen molar-refractivity contribution in [2.75, 3.05) is 32.4 Å². The zero-order chi connectivity index (χ0) is 25.6. The number of benzene rings is 2. The second-order valence-electron chi connectivity index (χ2n) is 7.86. The van der Waals surface area contributed by atoms with Gasteiger partial charge in [-0.3, -0.25) is 9.59 Å². The number of ether oxygens (including phenoxy) is 3. The Hall–Kier alpha value is -4.37. The van der Waals surface area contributed by atoms with Gasteiger partial charge in [-0.05, 0) is 54.5 Å². The Labute approximate surface area is 203 Å². The second kappa shape index (κ2) is 10.7. The number of hydrogen-bond donors (Lipinski definition) is 3. The van der Waals surface area contributed by atoms with Gasteiger partial charge in [-0.25, -0.2) is 4.98 Å². The van der Waals surface area contributed by atoms with E-state index in [-0.39, 0.29) is 11.7 Å². The number of carbonyl (C=O) groups is 2. The highest BCUT2D eigenvalue weighted by atomic mass is 16.5. The zero-order valence-electron chi connectivity index (χ0n) is 20.0. The summed E-state index contributed by atoms with van der Waals surface area (Å²) in [5, 5.41) is 2.75. The summed E-state index contributed by atoms with van der Waals surface area (Å²) in [6.07, 6.45) is 4.53. The predicted octanol–water partition coefficient (Wildman–Crippen LogP) is 3.40. The number of ketones is 1. The molecule has 0 aliphatic rings. The standard InChI is InChI=1S/C26H28N4O5/c1-26(28,22(31)10-5-16-13-20(33-2)24(35-4)21(14-16)34-3)18-8-6-17(7-9-18)25(32)30-19-11-12-29-23(27)15-19/h5-15H,28H2,1-4H3,(H3,27,29,30,32)/b10-5+. The topological polar surface area (TPSA) is 139 Å². The molecule has 9 nitrogen and oxygen atoms in total. The Morgan fingerprint density at radius 3 is 2.14 bits per heavy atom. The maximum atomic E-state index is 13.0. The lowest BCUT2D eigenvalue weighted by atomic mass is 9.87. The first kappa shape index (κ1) is 25.3. The summed E-state index contributed by atoms with van der Waals surface area (Å²) in [4.78, 5) is 29.4. The number of anilines is 2. The minimum Gasteiger partial charge on any atom is -0.493 e. The van der Waals surface area contributed by atoms with Crippen LogP contribution in [0.15, 0.2) is 60.8 Å². The number of carbonyl (C=O) groups excluding carboxylic acids is 2. The Morgan fingerprint density at radius 1 is 0.971 bits per heavy atom. The number of nitrogens with one attached hydrogen (secondary N) is 1. The minimum atomic E-state index is -1.31. The molecule has 1 unspecified atom stereocenters. The molecule has 0 radical (unpaired) electrons. The van der Waals surface area contributed by atoms with E-state index in [4.69, 9.17) is 25.7 Å². The lowest BCUT2D eigenvalue weighted by Gasteiger charge is -2.22. The van der Waals surface area contributed by atoms with Gasteiger partial charge in [-0.15, -0.1) is 0 Å². The fourth-order valence-corrected chi connectivity index (χ4v) is 3.38. The Morgan fingerprint density at radius 2 is 1.60 bits per heavy atom. The Balaban J connectivity index is 1.76. The van der Waals surface area contributed by atoms with Gasteiger partial charge in [0.25, 0.3) is 5.91 Å². The Kier molecular flexibility index (Phi) is 7.73. The molecule has 1 amide bonds. The van der Waals surface area contributed by atoms with E-state index in [0.29, 0.717) is 45.4 Å². The van der Waals surface area contributed by atoms with Crippen molar-refractivity contribution in [1.82, 2.24) is 4.98 Å². The molecule has 0 saturated carbocycles. The quantitative estimate of drug-likeness (QED) is 0.399. The first-order valence-electron chi connectivity index (χ1n) is 10.6. The van der Waals surface area contributed by atoms with Gasteiger partial charge in [0.2, 0.25) is 5.75 Å². The van der Waals surface area contributed by atoms with Gasteiger partial charge in [0.15, 0.2) is 17.3 Å². The van der Waals surface area contributed by atoms with Crippen molar-refractivity contribution in [2.45, 2.75) is 12.5 Å². The van der Waals surface area contributed by atoms with Gasteiger partial charge in [-0.2, -0.15) is 0 Å². The fourth-order valence-electron chi connectivity index (χ4n) is 3.38. The molecule has 0 bridgehead atoms. The fraction of sp³-hybridized carbons (Fsp3) is 0.192. The molecule has 0 fully saturated rings. The maximum absolute atomic E-state index is 13.0. The van der Waals surface area contributed by atoms with Crippen molar-refractivity contribution >= 4 is 29.3 Å². The van der Waals surface area contributed by atoms with Crippen molar-refractivity contribution in [3.8, 4) is 17.2 Å². The van der Waals surface area contributed by atoms with Crippen molar-refractivity contribution in [3.05, 3.63) is 77.5 Å². The van der Waals surface area contributed by atoms with Crippen LogP contribution in [0, 0.1) is 0 Å². The maximum Gasteiger partial charge on any atom is 0.255 e. The first-order valence-corrected chi connectivity index (χ1v) is 10.6. The number of nitrogens with zero attached hydrogens (tertiary/aromatic N) is 1. The van der Waals surface area contributed by atoms with Crippen molar-refractivity contribution < 1.29 is 23.8 Å². The summed E-state index contributed by atoms with van der Waals surface area (Å²) in [7, 11) is 4.55. The first-order chi connectivity index (χ1) is 16.7. The van der Waals surface area contributed by atoms with Crippen LogP contribution in [0.5, 0.6) is 17.2 Å². The Bertz CT molecular complexity index is 1230. The third kappa shape index (κ3) is 5.77. The van der Waals surface area contributed by atoms with Gasteiger partial charge in [-0.1, -0.05) is 18.2 Å². The average Bonchev–Trinajstić information content (AvgIpc) is 2.86. The second-order valence-corrected chi connectivity index (χ2v) is 7.86. The number of hydrogen-bond acceptors (Lipinski definition) is 8. The van der Waals surface area contributed by atoms with Gasteiger partial charge in [0, 0.05) is 23.5 Å². The number of aromatic nitrogens is 1. The third-order valence-corrected chi connectivity index (χ3v) is 5.41. The van der Waals surface area contributed by atoms with Crippen LogP contribution in [-0.2, 0) is 10.3 Å². The van der Waals surface area contributed by atoms with Gasteiger partial charge in [0.05, 0.1) is 21.3 Å². The van der Waals surface area contributed by atoms with Crippen molar-refractivity contribution in [2.24, 2.45) is 5.73 Å². The van der Waals surface area contributed by atoms with E-state index in [2.05, 4.69) is 10.3 Å². The molecular formula is C26H28N4O5.